The van der Waals surface area contributed by atoms with Crippen LogP contribution in [0.15, 0.2) is 24.0 Å². The number of rotatable bonds is 11. The van der Waals surface area contributed by atoms with Crippen LogP contribution in [0.1, 0.15) is 70.4 Å². The summed E-state index contributed by atoms with van der Waals surface area (Å²) in [6.07, 6.45) is -0.437. The average Bonchev–Trinajstić information content (AvgIpc) is 3.48. The van der Waals surface area contributed by atoms with Crippen molar-refractivity contribution in [3.05, 3.63) is 35.1 Å². The largest absolute Gasteiger partial charge is 0.493 e. The molecule has 2 bridgehead atoms. The van der Waals surface area contributed by atoms with Crippen LogP contribution >= 0.6 is 0 Å². The Balaban J connectivity index is 1.22. The normalized spacial score (nSPS) is 30.7. The fourth-order valence-corrected chi connectivity index (χ4v) is 7.70. The molecule has 2 saturated heterocycles. The van der Waals surface area contributed by atoms with Gasteiger partial charge in [0, 0.05) is 31.9 Å². The van der Waals surface area contributed by atoms with Crippen molar-refractivity contribution in [3.63, 3.8) is 0 Å². The Morgan fingerprint density at radius 2 is 1.98 bits per heavy atom. The van der Waals surface area contributed by atoms with E-state index in [0.717, 1.165) is 17.5 Å². The van der Waals surface area contributed by atoms with Crippen LogP contribution < -0.4 is 9.47 Å². The molecule has 0 unspecified atom stereocenters. The number of likely N-dealkylation sites (tertiary alicyclic amines) is 1. The first-order valence-electron chi connectivity index (χ1n) is 15.8. The Labute approximate surface area is 267 Å². The van der Waals surface area contributed by atoms with Crippen LogP contribution in [0.25, 0.3) is 0 Å². The van der Waals surface area contributed by atoms with Gasteiger partial charge in [-0.2, -0.15) is 0 Å². The second-order valence-electron chi connectivity index (χ2n) is 13.1. The van der Waals surface area contributed by atoms with Crippen molar-refractivity contribution >= 4 is 23.9 Å². The molecule has 2 fully saturated rings. The maximum Gasteiger partial charge on any atom is 0.348 e. The Bertz CT molecular complexity index is 1470. The maximum absolute atomic E-state index is 13.5. The van der Waals surface area contributed by atoms with Gasteiger partial charge < -0.3 is 43.2 Å². The number of esters is 4. The molecule has 3 aliphatic heterocycles. The SMILES string of the molecule is CCCCOC(=O)[C@H](CC(=O)OC1=CC[C@@]2(O)[C@H]3Cc4ccc(OC)c5c4[C@@]2(CCN3C)[C@H]1O5)OC(=O)C[C@@H]1OC(C)(C)OC1=O. The molecule has 6 rings (SSSR count). The van der Waals surface area contributed by atoms with Gasteiger partial charge in [0.05, 0.1) is 37.6 Å². The average molecular weight is 644 g/mol. The highest BCUT2D eigenvalue weighted by molar-refractivity contribution is 5.87. The van der Waals surface area contributed by atoms with Gasteiger partial charge in [0.1, 0.15) is 5.76 Å². The molecule has 13 nitrogen and oxygen atoms in total. The van der Waals surface area contributed by atoms with E-state index in [0.29, 0.717) is 37.3 Å². The number of nitrogens with zero attached hydrogens (tertiary/aromatic N) is 1. The van der Waals surface area contributed by atoms with E-state index in [9.17, 15) is 24.3 Å². The molecule has 1 N–H and O–H groups in total. The number of carbonyl (C=O) groups is 4. The van der Waals surface area contributed by atoms with Crippen LogP contribution in [0.4, 0.5) is 0 Å². The molecule has 0 saturated carbocycles. The standard InChI is InChI=1S/C33H41NO12/c1-6-7-14-41-29(37)21(43-25(36)17-22-30(38)46-31(2,3)45-22)16-24(35)42-20-10-11-33(39)23-15-18-8-9-19(40-5)27-26(18)32(33,28(20)44-27)12-13-34(23)4/h8-10,21-23,28,39H,6-7,11-17H2,1-5H3/t21-,22-,23+,28-,32-,33+/m0/s1. The summed E-state index contributed by atoms with van der Waals surface area (Å²) in [5.74, 6) is -3.40. The molecule has 0 radical (unpaired) electrons. The Kier molecular flexibility index (Phi) is 8.31. The second kappa shape index (κ2) is 11.8. The highest BCUT2D eigenvalue weighted by Crippen LogP contribution is 2.65. The molecule has 5 aliphatic rings. The summed E-state index contributed by atoms with van der Waals surface area (Å²) in [5.41, 5.74) is -0.148. The fourth-order valence-electron chi connectivity index (χ4n) is 7.70. The Hall–Kier alpha value is -3.68. The first-order valence-corrected chi connectivity index (χ1v) is 15.8. The van der Waals surface area contributed by atoms with E-state index in [4.69, 9.17) is 33.2 Å². The molecule has 1 aromatic carbocycles. The predicted molar refractivity (Wildman–Crippen MR) is 158 cm³/mol. The van der Waals surface area contributed by atoms with Crippen LogP contribution in [0.2, 0.25) is 0 Å². The number of piperidine rings is 1. The molecular formula is C33H41NO12. The summed E-state index contributed by atoms with van der Waals surface area (Å²) in [4.78, 5) is 53.5. The number of cyclic esters (lactones) is 1. The smallest absolute Gasteiger partial charge is 0.348 e. The first-order chi connectivity index (χ1) is 21.8. The Morgan fingerprint density at radius 1 is 1.20 bits per heavy atom. The number of unbranched alkanes of at least 4 members (excludes halogenated alkanes) is 1. The summed E-state index contributed by atoms with van der Waals surface area (Å²) >= 11 is 0. The van der Waals surface area contributed by atoms with E-state index in [2.05, 4.69) is 4.90 Å². The fraction of sp³-hybridized carbons (Fsp3) is 0.636. The van der Waals surface area contributed by atoms with Gasteiger partial charge in [-0.15, -0.1) is 0 Å². The minimum atomic E-state index is -1.63. The lowest BCUT2D eigenvalue weighted by molar-refractivity contribution is -0.176. The topological polar surface area (TPSA) is 156 Å². The number of ether oxygens (including phenoxy) is 7. The molecule has 0 amide bonds. The predicted octanol–water partition coefficient (Wildman–Crippen LogP) is 2.23. The van der Waals surface area contributed by atoms with Crippen LogP contribution in [0.3, 0.4) is 0 Å². The van der Waals surface area contributed by atoms with Gasteiger partial charge in [0.25, 0.3) is 0 Å². The van der Waals surface area contributed by atoms with Crippen molar-refractivity contribution < 1.29 is 57.4 Å². The molecule has 46 heavy (non-hydrogen) atoms. The first kappa shape index (κ1) is 32.3. The summed E-state index contributed by atoms with van der Waals surface area (Å²) in [5, 5.41) is 12.4. The van der Waals surface area contributed by atoms with E-state index in [1.54, 1.807) is 13.2 Å². The minimum Gasteiger partial charge on any atom is -0.493 e. The third-order valence-corrected chi connectivity index (χ3v) is 9.81. The molecule has 13 heteroatoms. The van der Waals surface area contributed by atoms with Gasteiger partial charge in [-0.1, -0.05) is 19.4 Å². The van der Waals surface area contributed by atoms with Crippen LogP contribution in [0, 0.1) is 0 Å². The number of likely N-dealkylation sites (N-methyl/N-ethyl adjacent to an activating group) is 1. The summed E-state index contributed by atoms with van der Waals surface area (Å²) in [6.45, 7) is 5.75. The molecule has 1 spiro atoms. The summed E-state index contributed by atoms with van der Waals surface area (Å²) < 4.78 is 39.2. The van der Waals surface area contributed by atoms with Crippen LogP contribution in [0.5, 0.6) is 11.5 Å². The summed E-state index contributed by atoms with van der Waals surface area (Å²) in [7, 11) is 3.55. The highest BCUT2D eigenvalue weighted by Gasteiger charge is 2.72. The van der Waals surface area contributed by atoms with Gasteiger partial charge in [-0.25, -0.2) is 9.59 Å². The number of benzene rings is 1. The lowest BCUT2D eigenvalue weighted by Gasteiger charge is -2.61. The summed E-state index contributed by atoms with van der Waals surface area (Å²) in [6, 6.07) is 3.67. The lowest BCUT2D eigenvalue weighted by Crippen LogP contribution is -2.74. The van der Waals surface area contributed by atoms with Crippen LogP contribution in [-0.4, -0.2) is 96.9 Å². The highest BCUT2D eigenvalue weighted by atomic mass is 16.8. The zero-order valence-corrected chi connectivity index (χ0v) is 26.8. The maximum atomic E-state index is 13.5. The molecule has 1 aromatic rings. The minimum absolute atomic E-state index is 0.0743. The van der Waals surface area contributed by atoms with Crippen molar-refractivity contribution in [3.8, 4) is 11.5 Å². The number of methoxy groups -OCH3 is 1. The van der Waals surface area contributed by atoms with E-state index in [1.807, 2.05) is 26.1 Å². The van der Waals surface area contributed by atoms with Crippen molar-refractivity contribution in [2.75, 3.05) is 27.3 Å². The second-order valence-corrected chi connectivity index (χ2v) is 13.1. The van der Waals surface area contributed by atoms with Crippen LogP contribution in [-0.2, 0) is 54.7 Å². The monoisotopic (exact) mass is 643 g/mol. The molecule has 3 heterocycles. The van der Waals surface area contributed by atoms with Crippen molar-refractivity contribution in [1.82, 2.24) is 4.90 Å². The molecule has 2 aliphatic carbocycles. The van der Waals surface area contributed by atoms with Gasteiger partial charge in [-0.3, -0.25) is 9.59 Å². The zero-order valence-electron chi connectivity index (χ0n) is 26.8. The van der Waals surface area contributed by atoms with E-state index < -0.39 is 71.8 Å². The van der Waals surface area contributed by atoms with Crippen molar-refractivity contribution in [1.29, 1.82) is 0 Å². The number of hydrogen-bond donors (Lipinski definition) is 1. The van der Waals surface area contributed by atoms with Crippen molar-refractivity contribution in [2.24, 2.45) is 0 Å². The third-order valence-electron chi connectivity index (χ3n) is 9.81. The third kappa shape index (κ3) is 5.22. The van der Waals surface area contributed by atoms with E-state index in [1.165, 1.54) is 13.8 Å². The number of aliphatic hydroxyl groups is 1. The number of hydrogen-bond acceptors (Lipinski definition) is 13. The number of carbonyl (C=O) groups excluding carboxylic acids is 4. The van der Waals surface area contributed by atoms with Gasteiger partial charge in [0.2, 0.25) is 11.9 Å². The van der Waals surface area contributed by atoms with Gasteiger partial charge in [-0.05, 0) is 50.6 Å². The zero-order chi connectivity index (χ0) is 33.0. The van der Waals surface area contributed by atoms with Crippen molar-refractivity contribution in [2.45, 2.75) is 107 Å². The molecule has 6 atom stereocenters. The van der Waals surface area contributed by atoms with Gasteiger partial charge in [0.15, 0.2) is 23.7 Å². The van der Waals surface area contributed by atoms with Gasteiger partial charge >= 0.3 is 23.9 Å². The Morgan fingerprint density at radius 3 is 2.67 bits per heavy atom. The van der Waals surface area contributed by atoms with E-state index in [-0.39, 0.29) is 24.8 Å². The molecule has 0 aromatic heterocycles. The lowest BCUT2D eigenvalue weighted by atomic mass is 9.50. The quantitative estimate of drug-likeness (QED) is 0.213. The molecular weight excluding hydrogens is 602 g/mol. The molecule has 250 valence electrons. The van der Waals surface area contributed by atoms with E-state index >= 15 is 0 Å².